The Morgan fingerprint density at radius 3 is 2.87 bits per heavy atom. The maximum atomic E-state index is 11.8. The Balaban J connectivity index is 1.96. The molecule has 15 heavy (non-hydrogen) atoms. The van der Waals surface area contributed by atoms with Crippen LogP contribution in [0.5, 0.6) is 0 Å². The van der Waals surface area contributed by atoms with Crippen molar-refractivity contribution in [3.8, 4) is 0 Å². The van der Waals surface area contributed by atoms with Crippen molar-refractivity contribution in [1.82, 2.24) is 5.32 Å². The summed E-state index contributed by atoms with van der Waals surface area (Å²) in [5, 5.41) is 2.99. The lowest BCUT2D eigenvalue weighted by molar-refractivity contribution is -0.123. The summed E-state index contributed by atoms with van der Waals surface area (Å²) in [6.07, 6.45) is 0.903. The Bertz CT molecular complexity index is 371. The van der Waals surface area contributed by atoms with Crippen LogP contribution in [0.2, 0.25) is 0 Å². The fourth-order valence-electron chi connectivity index (χ4n) is 1.92. The van der Waals surface area contributed by atoms with Gasteiger partial charge in [0.2, 0.25) is 5.91 Å². The van der Waals surface area contributed by atoms with Crippen LogP contribution in [-0.4, -0.2) is 12.5 Å². The molecule has 0 saturated heterocycles. The lowest BCUT2D eigenvalue weighted by Gasteiger charge is -2.29. The first-order valence-corrected chi connectivity index (χ1v) is 5.54. The van der Waals surface area contributed by atoms with Crippen LogP contribution in [0.15, 0.2) is 24.3 Å². The molecular formula is C13H17NO. The molecule has 80 valence electrons. The van der Waals surface area contributed by atoms with E-state index in [4.69, 9.17) is 0 Å². The van der Waals surface area contributed by atoms with E-state index in [9.17, 15) is 4.79 Å². The molecule has 0 heterocycles. The summed E-state index contributed by atoms with van der Waals surface area (Å²) in [4.78, 5) is 11.8. The average molecular weight is 203 g/mol. The van der Waals surface area contributed by atoms with Gasteiger partial charge in [0.05, 0.1) is 5.92 Å². The Kier molecular flexibility index (Phi) is 2.76. The Morgan fingerprint density at radius 2 is 2.20 bits per heavy atom. The van der Waals surface area contributed by atoms with Crippen molar-refractivity contribution in [2.24, 2.45) is 5.92 Å². The molecule has 0 aromatic heterocycles. The number of hydrogen-bond acceptors (Lipinski definition) is 1. The van der Waals surface area contributed by atoms with Crippen molar-refractivity contribution in [2.45, 2.75) is 26.2 Å². The number of fused-ring (bicyclic) bond motifs is 1. The third-order valence-corrected chi connectivity index (χ3v) is 2.86. The largest absolute Gasteiger partial charge is 0.355 e. The Hall–Kier alpha value is -1.31. The number of carbonyl (C=O) groups is 1. The molecule has 2 rings (SSSR count). The minimum Gasteiger partial charge on any atom is -0.355 e. The molecule has 0 spiro atoms. The third kappa shape index (κ3) is 2.04. The highest BCUT2D eigenvalue weighted by Gasteiger charge is 2.31. The van der Waals surface area contributed by atoms with E-state index in [1.165, 1.54) is 11.1 Å². The topological polar surface area (TPSA) is 29.1 Å². The summed E-state index contributed by atoms with van der Waals surface area (Å²) >= 11 is 0. The van der Waals surface area contributed by atoms with E-state index in [0.29, 0.717) is 5.92 Å². The zero-order valence-electron chi connectivity index (χ0n) is 9.29. The van der Waals surface area contributed by atoms with Gasteiger partial charge in [-0.3, -0.25) is 4.79 Å². The molecule has 0 radical (unpaired) electrons. The zero-order valence-corrected chi connectivity index (χ0v) is 9.29. The van der Waals surface area contributed by atoms with Crippen LogP contribution < -0.4 is 5.32 Å². The average Bonchev–Trinajstić information content (AvgIpc) is 2.17. The Labute approximate surface area is 90.7 Å². The van der Waals surface area contributed by atoms with Crippen LogP contribution >= 0.6 is 0 Å². The lowest BCUT2D eigenvalue weighted by atomic mass is 9.77. The third-order valence-electron chi connectivity index (χ3n) is 2.86. The molecule has 0 bridgehead atoms. The SMILES string of the molecule is CC(C)CNC(=O)C1Cc2ccccc21. The molecule has 0 saturated carbocycles. The van der Waals surface area contributed by atoms with Gasteiger partial charge in [0, 0.05) is 6.54 Å². The van der Waals surface area contributed by atoms with E-state index in [-0.39, 0.29) is 11.8 Å². The van der Waals surface area contributed by atoms with Crippen molar-refractivity contribution in [2.75, 3.05) is 6.54 Å². The highest BCUT2D eigenvalue weighted by molar-refractivity contribution is 5.86. The van der Waals surface area contributed by atoms with Crippen molar-refractivity contribution in [1.29, 1.82) is 0 Å². The van der Waals surface area contributed by atoms with Crippen molar-refractivity contribution in [3.05, 3.63) is 35.4 Å². The number of nitrogens with one attached hydrogen (secondary N) is 1. The van der Waals surface area contributed by atoms with Crippen LogP contribution in [0.25, 0.3) is 0 Å². The number of carbonyl (C=O) groups excluding carboxylic acids is 1. The van der Waals surface area contributed by atoms with E-state index < -0.39 is 0 Å². The van der Waals surface area contributed by atoms with E-state index in [2.05, 4.69) is 31.3 Å². The second-order valence-corrected chi connectivity index (χ2v) is 4.59. The van der Waals surface area contributed by atoms with Gasteiger partial charge in [-0.25, -0.2) is 0 Å². The Morgan fingerprint density at radius 1 is 1.47 bits per heavy atom. The number of benzene rings is 1. The highest BCUT2D eigenvalue weighted by Crippen LogP contribution is 2.34. The van der Waals surface area contributed by atoms with E-state index in [1.54, 1.807) is 0 Å². The normalized spacial score (nSPS) is 18.2. The van der Waals surface area contributed by atoms with Gasteiger partial charge >= 0.3 is 0 Å². The summed E-state index contributed by atoms with van der Waals surface area (Å²) in [6.45, 7) is 4.99. The number of rotatable bonds is 3. The number of amides is 1. The molecule has 1 aliphatic rings. The highest BCUT2D eigenvalue weighted by atomic mass is 16.1. The smallest absolute Gasteiger partial charge is 0.227 e. The van der Waals surface area contributed by atoms with Crippen LogP contribution in [0.3, 0.4) is 0 Å². The first-order chi connectivity index (χ1) is 7.18. The molecule has 1 amide bonds. The molecule has 2 nitrogen and oxygen atoms in total. The monoisotopic (exact) mass is 203 g/mol. The lowest BCUT2D eigenvalue weighted by Crippen LogP contribution is -2.37. The quantitative estimate of drug-likeness (QED) is 0.800. The van der Waals surface area contributed by atoms with Crippen LogP contribution in [0, 0.1) is 5.92 Å². The first kappa shape index (κ1) is 10.2. The molecule has 1 atom stereocenters. The fourth-order valence-corrected chi connectivity index (χ4v) is 1.92. The molecule has 1 N–H and O–H groups in total. The molecule has 1 unspecified atom stereocenters. The molecule has 2 heteroatoms. The van der Waals surface area contributed by atoms with Crippen LogP contribution in [-0.2, 0) is 11.2 Å². The maximum Gasteiger partial charge on any atom is 0.227 e. The molecule has 1 aromatic carbocycles. The summed E-state index contributed by atoms with van der Waals surface area (Å²) < 4.78 is 0. The van der Waals surface area contributed by atoms with Gasteiger partial charge in [-0.1, -0.05) is 38.1 Å². The summed E-state index contributed by atoms with van der Waals surface area (Å²) in [5.74, 6) is 0.798. The van der Waals surface area contributed by atoms with Crippen LogP contribution in [0.1, 0.15) is 30.9 Å². The molecule has 1 aliphatic carbocycles. The number of hydrogen-bond donors (Lipinski definition) is 1. The fraction of sp³-hybridized carbons (Fsp3) is 0.462. The minimum atomic E-state index is 0.0972. The minimum absolute atomic E-state index is 0.0972. The molecule has 0 fully saturated rings. The first-order valence-electron chi connectivity index (χ1n) is 5.54. The standard InChI is InChI=1S/C13H17NO/c1-9(2)8-14-13(15)12-7-10-5-3-4-6-11(10)12/h3-6,9,12H,7-8H2,1-2H3,(H,14,15). The predicted molar refractivity (Wildman–Crippen MR) is 60.7 cm³/mol. The summed E-state index contributed by atoms with van der Waals surface area (Å²) in [5.41, 5.74) is 2.53. The van der Waals surface area contributed by atoms with Gasteiger partial charge < -0.3 is 5.32 Å². The van der Waals surface area contributed by atoms with Crippen molar-refractivity contribution in [3.63, 3.8) is 0 Å². The van der Waals surface area contributed by atoms with Crippen molar-refractivity contribution >= 4 is 5.91 Å². The molecule has 0 aliphatic heterocycles. The predicted octanol–water partition coefficient (Wildman–Crippen LogP) is 2.10. The van der Waals surface area contributed by atoms with Gasteiger partial charge in [-0.15, -0.1) is 0 Å². The summed E-state index contributed by atoms with van der Waals surface area (Å²) in [6, 6.07) is 8.18. The maximum absolute atomic E-state index is 11.8. The van der Waals surface area contributed by atoms with Gasteiger partial charge in [0.15, 0.2) is 0 Å². The second kappa shape index (κ2) is 4.05. The zero-order chi connectivity index (χ0) is 10.8. The van der Waals surface area contributed by atoms with Gasteiger partial charge in [-0.05, 0) is 23.5 Å². The van der Waals surface area contributed by atoms with E-state index in [1.807, 2.05) is 12.1 Å². The van der Waals surface area contributed by atoms with E-state index >= 15 is 0 Å². The van der Waals surface area contributed by atoms with Crippen molar-refractivity contribution < 1.29 is 4.79 Å². The van der Waals surface area contributed by atoms with Gasteiger partial charge in [0.1, 0.15) is 0 Å². The molecular weight excluding hydrogens is 186 g/mol. The van der Waals surface area contributed by atoms with Gasteiger partial charge in [-0.2, -0.15) is 0 Å². The van der Waals surface area contributed by atoms with E-state index in [0.717, 1.165) is 13.0 Å². The summed E-state index contributed by atoms with van der Waals surface area (Å²) in [7, 11) is 0. The second-order valence-electron chi connectivity index (χ2n) is 4.59. The molecule has 1 aromatic rings. The van der Waals surface area contributed by atoms with Crippen LogP contribution in [0.4, 0.5) is 0 Å². The van der Waals surface area contributed by atoms with Gasteiger partial charge in [0.25, 0.3) is 0 Å².